The van der Waals surface area contributed by atoms with E-state index in [1.165, 1.54) is 98.3 Å². The van der Waals surface area contributed by atoms with Crippen LogP contribution in [0.4, 0.5) is 0 Å². The molecule has 7 aromatic carbocycles. The van der Waals surface area contributed by atoms with Crippen molar-refractivity contribution >= 4 is 81.4 Å². The minimum absolute atomic E-state index is 0.491. The van der Waals surface area contributed by atoms with Crippen LogP contribution in [0, 0.1) is 0 Å². The standard InChI is InChI=1S/C44H34N2/c1-25(2)27-13-15-29-21-42-36(19-31(29)17-27)38-23-33(45-40-11-7-5-9-34(40)35-10-6-8-12-41(35)45)24-39-37-20-32-18-28(26(3)4)14-16-30(32)22-43(37)46(42)44(38)39/h5-26H,1-4H3. The van der Waals surface area contributed by atoms with Crippen molar-refractivity contribution in [1.82, 2.24) is 8.97 Å². The lowest BCUT2D eigenvalue weighted by Gasteiger charge is -2.10. The average Bonchev–Trinajstić information content (AvgIpc) is 3.69. The summed E-state index contributed by atoms with van der Waals surface area (Å²) in [5.41, 5.74) is 10.3. The van der Waals surface area contributed by atoms with Gasteiger partial charge in [0.1, 0.15) is 0 Å². The third kappa shape index (κ3) is 3.42. The third-order valence-corrected chi connectivity index (χ3v) is 10.5. The predicted octanol–water partition coefficient (Wildman–Crippen LogP) is 12.5. The summed E-state index contributed by atoms with van der Waals surface area (Å²) in [4.78, 5) is 0. The van der Waals surface area contributed by atoms with Gasteiger partial charge < -0.3 is 8.97 Å². The van der Waals surface area contributed by atoms with Crippen LogP contribution in [0.25, 0.3) is 87.1 Å². The van der Waals surface area contributed by atoms with Gasteiger partial charge in [-0.25, -0.2) is 0 Å². The maximum absolute atomic E-state index is 2.54. The summed E-state index contributed by atoms with van der Waals surface area (Å²) in [6.07, 6.45) is 0. The molecule has 0 unspecified atom stereocenters. The van der Waals surface area contributed by atoms with Crippen molar-refractivity contribution in [3.63, 3.8) is 0 Å². The number of hydrogen-bond acceptors (Lipinski definition) is 0. The van der Waals surface area contributed by atoms with E-state index in [9.17, 15) is 0 Å². The molecule has 0 aliphatic carbocycles. The first-order valence-corrected chi connectivity index (χ1v) is 16.6. The minimum Gasteiger partial charge on any atom is -0.309 e. The van der Waals surface area contributed by atoms with E-state index in [4.69, 9.17) is 0 Å². The maximum Gasteiger partial charge on any atom is 0.0622 e. The van der Waals surface area contributed by atoms with Crippen LogP contribution < -0.4 is 0 Å². The highest BCUT2D eigenvalue weighted by Crippen LogP contribution is 2.44. The Kier molecular flexibility index (Phi) is 5.14. The second kappa shape index (κ2) is 9.11. The van der Waals surface area contributed by atoms with Gasteiger partial charge in [0.15, 0.2) is 0 Å². The molecule has 0 radical (unpaired) electrons. The Morgan fingerprint density at radius 2 is 0.870 bits per heavy atom. The molecule has 0 N–H and O–H groups in total. The number of para-hydroxylation sites is 2. The van der Waals surface area contributed by atoms with Gasteiger partial charge in [0.05, 0.1) is 27.6 Å². The molecular formula is C44H34N2. The van der Waals surface area contributed by atoms with Crippen molar-refractivity contribution in [3.8, 4) is 5.69 Å². The van der Waals surface area contributed by atoms with Gasteiger partial charge in [0.25, 0.3) is 0 Å². The van der Waals surface area contributed by atoms with E-state index in [2.05, 4.69) is 158 Å². The highest BCUT2D eigenvalue weighted by Gasteiger charge is 2.22. The molecular weight excluding hydrogens is 556 g/mol. The fourth-order valence-electron chi connectivity index (χ4n) is 8.10. The topological polar surface area (TPSA) is 9.34 Å². The van der Waals surface area contributed by atoms with Crippen LogP contribution in [-0.2, 0) is 0 Å². The van der Waals surface area contributed by atoms with Gasteiger partial charge in [-0.1, -0.05) is 100 Å². The monoisotopic (exact) mass is 590 g/mol. The quantitative estimate of drug-likeness (QED) is 0.194. The van der Waals surface area contributed by atoms with E-state index in [0.717, 1.165) is 0 Å². The fourth-order valence-corrected chi connectivity index (χ4v) is 8.10. The second-order valence-electron chi connectivity index (χ2n) is 13.9. The minimum atomic E-state index is 0.491. The summed E-state index contributed by atoms with van der Waals surface area (Å²) in [5, 5.41) is 13.0. The van der Waals surface area contributed by atoms with E-state index in [1.807, 2.05) is 0 Å². The van der Waals surface area contributed by atoms with Crippen molar-refractivity contribution in [2.75, 3.05) is 0 Å². The largest absolute Gasteiger partial charge is 0.309 e. The molecule has 0 bridgehead atoms. The first-order valence-electron chi connectivity index (χ1n) is 16.6. The lowest BCUT2D eigenvalue weighted by molar-refractivity contribution is 0.869. The van der Waals surface area contributed by atoms with Crippen molar-refractivity contribution in [3.05, 3.63) is 132 Å². The summed E-state index contributed by atoms with van der Waals surface area (Å²) in [7, 11) is 0. The molecule has 0 fully saturated rings. The third-order valence-electron chi connectivity index (χ3n) is 10.5. The van der Waals surface area contributed by atoms with Gasteiger partial charge in [-0.3, -0.25) is 0 Å². The molecule has 0 aliphatic rings. The van der Waals surface area contributed by atoms with Crippen LogP contribution in [0.15, 0.2) is 121 Å². The van der Waals surface area contributed by atoms with Gasteiger partial charge in [-0.2, -0.15) is 0 Å². The zero-order chi connectivity index (χ0) is 30.8. The fraction of sp³-hybridized carbons (Fsp3) is 0.136. The number of hydrogen-bond donors (Lipinski definition) is 0. The van der Waals surface area contributed by atoms with E-state index < -0.39 is 0 Å². The summed E-state index contributed by atoms with van der Waals surface area (Å²) in [5.74, 6) is 0.982. The van der Waals surface area contributed by atoms with Crippen LogP contribution in [0.2, 0.25) is 0 Å². The SMILES string of the molecule is CC(C)c1ccc2cc3c(cc2c1)c1cc(-n2c4ccccc4c4ccccc42)cc2c4cc5cc(C(C)C)ccc5cc4n3c12. The summed E-state index contributed by atoms with van der Waals surface area (Å²) in [6, 6.07) is 46.2. The van der Waals surface area contributed by atoms with Crippen LogP contribution in [0.3, 0.4) is 0 Å². The zero-order valence-electron chi connectivity index (χ0n) is 26.6. The highest BCUT2D eigenvalue weighted by molar-refractivity contribution is 6.27. The Labute approximate surface area is 267 Å². The molecule has 2 heteroatoms. The number of rotatable bonds is 3. The summed E-state index contributed by atoms with van der Waals surface area (Å²) >= 11 is 0. The molecule has 220 valence electrons. The molecule has 0 atom stereocenters. The number of nitrogens with zero attached hydrogens (tertiary/aromatic N) is 2. The van der Waals surface area contributed by atoms with Crippen molar-refractivity contribution in [2.45, 2.75) is 39.5 Å². The molecule has 2 nitrogen and oxygen atoms in total. The number of aromatic nitrogens is 2. The van der Waals surface area contributed by atoms with Gasteiger partial charge in [0, 0.05) is 38.0 Å². The van der Waals surface area contributed by atoms with E-state index >= 15 is 0 Å². The lowest BCUT2D eigenvalue weighted by Crippen LogP contribution is -1.93. The molecule has 0 amide bonds. The Morgan fingerprint density at radius 1 is 0.391 bits per heavy atom. The Hall–Kier alpha value is -5.34. The Balaban J connectivity index is 1.40. The first kappa shape index (κ1) is 25.9. The smallest absolute Gasteiger partial charge is 0.0622 e. The van der Waals surface area contributed by atoms with Gasteiger partial charge in [-0.05, 0) is 93.0 Å². The van der Waals surface area contributed by atoms with Gasteiger partial charge in [-0.15, -0.1) is 0 Å². The molecule has 0 spiro atoms. The Morgan fingerprint density at radius 3 is 1.35 bits per heavy atom. The van der Waals surface area contributed by atoms with Crippen LogP contribution in [0.1, 0.15) is 50.7 Å². The van der Waals surface area contributed by atoms with Crippen LogP contribution >= 0.6 is 0 Å². The van der Waals surface area contributed by atoms with Crippen molar-refractivity contribution in [2.24, 2.45) is 0 Å². The molecule has 46 heavy (non-hydrogen) atoms. The Bertz CT molecular complexity index is 2670. The van der Waals surface area contributed by atoms with Crippen molar-refractivity contribution in [1.29, 1.82) is 0 Å². The van der Waals surface area contributed by atoms with Crippen LogP contribution in [0.5, 0.6) is 0 Å². The normalized spacial score (nSPS) is 12.7. The van der Waals surface area contributed by atoms with Gasteiger partial charge >= 0.3 is 0 Å². The average molecular weight is 591 g/mol. The number of benzene rings is 7. The summed E-state index contributed by atoms with van der Waals surface area (Å²) < 4.78 is 5.01. The maximum atomic E-state index is 2.54. The highest BCUT2D eigenvalue weighted by atomic mass is 15.0. The molecule has 3 heterocycles. The predicted molar refractivity (Wildman–Crippen MR) is 199 cm³/mol. The second-order valence-corrected chi connectivity index (χ2v) is 13.9. The molecule has 10 aromatic rings. The van der Waals surface area contributed by atoms with Crippen LogP contribution in [-0.4, -0.2) is 8.97 Å². The number of fused-ring (bicyclic) bond motifs is 11. The molecule has 3 aromatic heterocycles. The summed E-state index contributed by atoms with van der Waals surface area (Å²) in [6.45, 7) is 9.11. The van der Waals surface area contributed by atoms with E-state index in [0.29, 0.717) is 11.8 Å². The van der Waals surface area contributed by atoms with E-state index in [1.54, 1.807) is 0 Å². The van der Waals surface area contributed by atoms with E-state index in [-0.39, 0.29) is 0 Å². The molecule has 0 saturated heterocycles. The van der Waals surface area contributed by atoms with Gasteiger partial charge in [0.2, 0.25) is 0 Å². The molecule has 0 saturated carbocycles. The zero-order valence-corrected chi connectivity index (χ0v) is 26.6. The molecule has 10 rings (SSSR count). The lowest BCUT2D eigenvalue weighted by atomic mass is 9.97. The van der Waals surface area contributed by atoms with Crippen molar-refractivity contribution < 1.29 is 0 Å². The first-order chi connectivity index (χ1) is 22.4. The molecule has 0 aliphatic heterocycles.